The Hall–Kier alpha value is -1.16. The van der Waals surface area contributed by atoms with Gasteiger partial charge in [-0.15, -0.1) is 11.8 Å². The summed E-state index contributed by atoms with van der Waals surface area (Å²) in [5.74, 6) is 6.17. The van der Waals surface area contributed by atoms with E-state index in [0.29, 0.717) is 18.8 Å². The molecule has 1 aliphatic carbocycles. The third-order valence-corrected chi connectivity index (χ3v) is 2.41. The lowest BCUT2D eigenvalue weighted by atomic mass is 9.79. The highest BCUT2D eigenvalue weighted by Crippen LogP contribution is 2.37. The molecule has 0 atom stereocenters. The summed E-state index contributed by atoms with van der Waals surface area (Å²) in [7, 11) is 0. The Bertz CT molecular complexity index is 296. The minimum Gasteiger partial charge on any atom is -0.486 e. The molecule has 0 bridgehead atoms. The van der Waals surface area contributed by atoms with E-state index in [4.69, 9.17) is 4.74 Å². The average molecular weight is 192 g/mol. The van der Waals surface area contributed by atoms with Crippen LogP contribution in [-0.4, -0.2) is 17.3 Å². The first-order valence-corrected chi connectivity index (χ1v) is 4.88. The molecule has 0 heterocycles. The Morgan fingerprint density at radius 2 is 2.29 bits per heavy atom. The van der Waals surface area contributed by atoms with Gasteiger partial charge in [-0.1, -0.05) is 12.3 Å². The summed E-state index contributed by atoms with van der Waals surface area (Å²) in [5.41, 5.74) is 1.88. The lowest BCUT2D eigenvalue weighted by molar-refractivity contribution is -0.0465. The molecular formula is C12H16O2. The molecule has 0 radical (unpaired) electrons. The zero-order valence-corrected chi connectivity index (χ0v) is 8.60. The maximum Gasteiger partial charge on any atom is 0.169 e. The molecule has 0 spiro atoms. The molecule has 1 fully saturated rings. The molecule has 0 aliphatic heterocycles. The molecule has 0 aromatic rings. The van der Waals surface area contributed by atoms with Crippen molar-refractivity contribution in [2.75, 3.05) is 6.61 Å². The van der Waals surface area contributed by atoms with Crippen molar-refractivity contribution in [1.82, 2.24) is 0 Å². The van der Waals surface area contributed by atoms with Crippen LogP contribution in [0.4, 0.5) is 0 Å². The van der Waals surface area contributed by atoms with Gasteiger partial charge in [0, 0.05) is 6.42 Å². The third-order valence-electron chi connectivity index (χ3n) is 2.41. The second-order valence-electron chi connectivity index (χ2n) is 3.42. The minimum absolute atomic E-state index is 0.488. The highest BCUT2D eigenvalue weighted by molar-refractivity contribution is 5.13. The monoisotopic (exact) mass is 192 g/mol. The van der Waals surface area contributed by atoms with Crippen LogP contribution in [-0.2, 0) is 4.74 Å². The second-order valence-corrected chi connectivity index (χ2v) is 3.42. The van der Waals surface area contributed by atoms with Gasteiger partial charge in [0.1, 0.15) is 5.60 Å². The van der Waals surface area contributed by atoms with Crippen molar-refractivity contribution in [1.29, 1.82) is 0 Å². The summed E-state index contributed by atoms with van der Waals surface area (Å²) < 4.78 is 5.39. The number of ether oxygens (including phenoxy) is 1. The Morgan fingerprint density at radius 3 is 2.71 bits per heavy atom. The van der Waals surface area contributed by atoms with E-state index in [2.05, 4.69) is 24.2 Å². The Balaban J connectivity index is 2.39. The van der Waals surface area contributed by atoms with Crippen molar-refractivity contribution in [3.63, 3.8) is 0 Å². The first kappa shape index (κ1) is 10.9. The van der Waals surface area contributed by atoms with Crippen LogP contribution in [0, 0.1) is 11.8 Å². The first-order chi connectivity index (χ1) is 6.73. The van der Waals surface area contributed by atoms with Crippen LogP contribution in [0.3, 0.4) is 0 Å². The van der Waals surface area contributed by atoms with Crippen LogP contribution in [0.2, 0.25) is 0 Å². The largest absolute Gasteiger partial charge is 0.486 e. The van der Waals surface area contributed by atoms with E-state index >= 15 is 0 Å². The van der Waals surface area contributed by atoms with Crippen molar-refractivity contribution in [2.45, 2.75) is 38.2 Å². The van der Waals surface area contributed by atoms with Crippen LogP contribution >= 0.6 is 0 Å². The van der Waals surface area contributed by atoms with Gasteiger partial charge in [-0.25, -0.2) is 0 Å². The van der Waals surface area contributed by atoms with Crippen molar-refractivity contribution < 1.29 is 9.84 Å². The fourth-order valence-corrected chi connectivity index (χ4v) is 1.42. The summed E-state index contributed by atoms with van der Waals surface area (Å²) in [5, 5.41) is 9.93. The molecule has 2 nitrogen and oxygen atoms in total. The molecule has 14 heavy (non-hydrogen) atoms. The molecule has 1 rings (SSSR count). The van der Waals surface area contributed by atoms with Crippen LogP contribution in [0.5, 0.6) is 0 Å². The summed E-state index contributed by atoms with van der Waals surface area (Å²) in [6.07, 6.45) is 3.23. The van der Waals surface area contributed by atoms with E-state index in [1.54, 1.807) is 6.92 Å². The second kappa shape index (κ2) is 4.91. The van der Waals surface area contributed by atoms with E-state index < -0.39 is 5.60 Å². The minimum atomic E-state index is -0.790. The zero-order chi connectivity index (χ0) is 10.4. The summed E-state index contributed by atoms with van der Waals surface area (Å²) in [6.45, 7) is 5.82. The Morgan fingerprint density at radius 1 is 1.57 bits per heavy atom. The van der Waals surface area contributed by atoms with Gasteiger partial charge in [0.25, 0.3) is 0 Å². The average Bonchev–Trinajstić information content (AvgIpc) is 2.15. The van der Waals surface area contributed by atoms with Gasteiger partial charge in [0.2, 0.25) is 0 Å². The molecule has 0 aromatic carbocycles. The van der Waals surface area contributed by atoms with Crippen LogP contribution in [0.15, 0.2) is 18.1 Å². The zero-order valence-electron chi connectivity index (χ0n) is 8.60. The number of hydrogen-bond acceptors (Lipinski definition) is 2. The SMILES string of the molecule is C=C=C(OCCC#CC)C1(O)CCC1. The predicted octanol–water partition coefficient (Wildman–Crippen LogP) is 2.00. The summed E-state index contributed by atoms with van der Waals surface area (Å²) in [4.78, 5) is 0. The van der Waals surface area contributed by atoms with Gasteiger partial charge in [-0.2, -0.15) is 0 Å². The smallest absolute Gasteiger partial charge is 0.169 e. The molecule has 0 saturated heterocycles. The molecule has 0 unspecified atom stereocenters. The van der Waals surface area contributed by atoms with Crippen LogP contribution in [0.1, 0.15) is 32.6 Å². The highest BCUT2D eigenvalue weighted by atomic mass is 16.5. The lowest BCUT2D eigenvalue weighted by Gasteiger charge is -2.36. The van der Waals surface area contributed by atoms with Crippen LogP contribution in [0.25, 0.3) is 0 Å². The highest BCUT2D eigenvalue weighted by Gasteiger charge is 2.39. The van der Waals surface area contributed by atoms with E-state index in [1.807, 2.05) is 0 Å². The van der Waals surface area contributed by atoms with Gasteiger partial charge in [0.05, 0.1) is 6.61 Å². The molecule has 1 saturated carbocycles. The molecule has 1 aliphatic rings. The van der Waals surface area contributed by atoms with E-state index in [0.717, 1.165) is 19.3 Å². The maximum absolute atomic E-state index is 9.93. The van der Waals surface area contributed by atoms with Crippen molar-refractivity contribution in [3.05, 3.63) is 18.1 Å². The molecule has 0 aromatic heterocycles. The fourth-order valence-electron chi connectivity index (χ4n) is 1.42. The van der Waals surface area contributed by atoms with Crippen LogP contribution < -0.4 is 0 Å². The van der Waals surface area contributed by atoms with E-state index in [1.165, 1.54) is 0 Å². The first-order valence-electron chi connectivity index (χ1n) is 4.88. The summed E-state index contributed by atoms with van der Waals surface area (Å²) >= 11 is 0. The van der Waals surface area contributed by atoms with Gasteiger partial charge in [-0.05, 0) is 26.2 Å². The van der Waals surface area contributed by atoms with E-state index in [9.17, 15) is 5.11 Å². The van der Waals surface area contributed by atoms with Gasteiger partial charge in [0.15, 0.2) is 5.76 Å². The molecule has 76 valence electrons. The van der Waals surface area contributed by atoms with Gasteiger partial charge < -0.3 is 9.84 Å². The molecule has 1 N–H and O–H groups in total. The number of rotatable bonds is 4. The van der Waals surface area contributed by atoms with Crippen molar-refractivity contribution in [2.24, 2.45) is 0 Å². The van der Waals surface area contributed by atoms with Crippen molar-refractivity contribution in [3.8, 4) is 11.8 Å². The quantitative estimate of drug-likeness (QED) is 0.319. The topological polar surface area (TPSA) is 29.5 Å². The standard InChI is InChI=1S/C12H16O2/c1-3-5-6-10-14-11(4-2)12(13)8-7-9-12/h13H,2,6-10H2,1H3. The maximum atomic E-state index is 9.93. The normalized spacial score (nSPS) is 17.0. The van der Waals surface area contributed by atoms with Gasteiger partial charge in [-0.3, -0.25) is 0 Å². The molecular weight excluding hydrogens is 176 g/mol. The van der Waals surface area contributed by atoms with E-state index in [-0.39, 0.29) is 0 Å². The van der Waals surface area contributed by atoms with Crippen molar-refractivity contribution >= 4 is 0 Å². The number of hydrogen-bond donors (Lipinski definition) is 1. The predicted molar refractivity (Wildman–Crippen MR) is 55.5 cm³/mol. The number of aliphatic hydroxyl groups is 1. The molecule has 2 heteroatoms. The summed E-state index contributed by atoms with van der Waals surface area (Å²) in [6, 6.07) is 0. The van der Waals surface area contributed by atoms with Gasteiger partial charge >= 0.3 is 0 Å². The lowest BCUT2D eigenvalue weighted by Crippen LogP contribution is -2.39. The third kappa shape index (κ3) is 2.42. The Labute approximate surface area is 85.3 Å². The molecule has 0 amide bonds. The Kier molecular flexibility index (Phi) is 3.83. The fraction of sp³-hybridized carbons (Fsp3) is 0.583.